The zero-order chi connectivity index (χ0) is 30.0. The van der Waals surface area contributed by atoms with Crippen LogP contribution in [0.4, 0.5) is 11.4 Å². The lowest BCUT2D eigenvalue weighted by atomic mass is 9.79. The van der Waals surface area contributed by atoms with Crippen molar-refractivity contribution in [3.05, 3.63) is 123 Å². The number of anilines is 2. The third-order valence-corrected chi connectivity index (χ3v) is 9.35. The van der Waals surface area contributed by atoms with Crippen molar-refractivity contribution in [3.8, 4) is 5.75 Å². The van der Waals surface area contributed by atoms with E-state index in [0.29, 0.717) is 5.39 Å². The number of benzene rings is 4. The monoisotopic (exact) mass is 602 g/mol. The number of ether oxygens (including phenoxy) is 1. The van der Waals surface area contributed by atoms with Crippen molar-refractivity contribution in [1.82, 2.24) is 9.97 Å². The van der Waals surface area contributed by atoms with Crippen molar-refractivity contribution < 1.29 is 4.74 Å². The molecule has 222 valence electrons. The standard InChI is InChI=1S/C29H29ClN2O.C8H6N2O/c1-33-23-9-13-29(28(30)19-23)32-16-14-31(15-17-32)22-8-12-25-21(18-22)7-11-26-24-5-3-2-4-20(24)6-10-27(25)26;11-8-6-3-1-2-4-7(6)9-5-10-8/h3,5,7-9,11-13,18-19H,2,4,6,10,14-17H2,1H3;1-5H,(H,9,10,11). The van der Waals surface area contributed by atoms with E-state index in [1.54, 1.807) is 18.7 Å². The number of para-hydroxylation sites is 1. The summed E-state index contributed by atoms with van der Waals surface area (Å²) in [5.74, 6) is 0.799. The second-order valence-electron chi connectivity index (χ2n) is 11.5. The minimum absolute atomic E-state index is 0.0874. The third-order valence-electron chi connectivity index (χ3n) is 9.05. The first-order valence-electron chi connectivity index (χ1n) is 15.3. The molecule has 3 aliphatic rings. The van der Waals surface area contributed by atoms with E-state index in [-0.39, 0.29) is 5.56 Å². The highest BCUT2D eigenvalue weighted by Gasteiger charge is 2.22. The van der Waals surface area contributed by atoms with Crippen LogP contribution < -0.4 is 20.1 Å². The highest BCUT2D eigenvalue weighted by atomic mass is 35.5. The molecule has 2 heterocycles. The van der Waals surface area contributed by atoms with Gasteiger partial charge in [0.1, 0.15) is 5.75 Å². The van der Waals surface area contributed by atoms with Gasteiger partial charge in [-0.15, -0.1) is 0 Å². The van der Waals surface area contributed by atoms with Gasteiger partial charge in [0, 0.05) is 37.9 Å². The fourth-order valence-corrected chi connectivity index (χ4v) is 7.01. The SMILES string of the molecule is COc1ccc(N2CCN(c3ccc4c5c(ccc4c3)C3=C(CCC=C3)CC5)CC2)c(Cl)c1.O=c1[nH]cnc2ccccc12. The summed E-state index contributed by atoms with van der Waals surface area (Å²) in [5, 5.41) is 4.17. The van der Waals surface area contributed by atoms with Crippen LogP contribution in [0.25, 0.3) is 27.2 Å². The van der Waals surface area contributed by atoms with Crippen LogP contribution in [0.3, 0.4) is 0 Å². The highest BCUT2D eigenvalue weighted by molar-refractivity contribution is 6.33. The number of nitrogens with one attached hydrogen (secondary N) is 1. The average Bonchev–Trinajstić information content (AvgIpc) is 3.08. The number of aromatic nitrogens is 2. The third kappa shape index (κ3) is 5.46. The molecule has 8 rings (SSSR count). The molecule has 0 radical (unpaired) electrons. The molecule has 1 aromatic heterocycles. The topological polar surface area (TPSA) is 61.5 Å². The Labute approximate surface area is 262 Å². The van der Waals surface area contributed by atoms with Crippen molar-refractivity contribution in [2.75, 3.05) is 43.1 Å². The Kier molecular flexibility index (Phi) is 7.84. The first-order valence-corrected chi connectivity index (χ1v) is 15.7. The van der Waals surface area contributed by atoms with Crippen LogP contribution in [-0.2, 0) is 6.42 Å². The van der Waals surface area contributed by atoms with E-state index in [2.05, 4.69) is 68.3 Å². The van der Waals surface area contributed by atoms with Crippen LogP contribution in [0.2, 0.25) is 5.02 Å². The average molecular weight is 603 g/mol. The van der Waals surface area contributed by atoms with Crippen molar-refractivity contribution in [3.63, 3.8) is 0 Å². The predicted molar refractivity (Wildman–Crippen MR) is 182 cm³/mol. The Bertz CT molecular complexity index is 1970. The van der Waals surface area contributed by atoms with E-state index >= 15 is 0 Å². The summed E-state index contributed by atoms with van der Waals surface area (Å²) in [5.41, 5.74) is 9.18. The molecule has 1 fully saturated rings. The minimum Gasteiger partial charge on any atom is -0.497 e. The summed E-state index contributed by atoms with van der Waals surface area (Å²) >= 11 is 6.52. The Morgan fingerprint density at radius 2 is 1.70 bits per heavy atom. The van der Waals surface area contributed by atoms with Gasteiger partial charge >= 0.3 is 0 Å². The van der Waals surface area contributed by atoms with Crippen LogP contribution in [0.1, 0.15) is 30.4 Å². The van der Waals surface area contributed by atoms with Gasteiger partial charge in [-0.1, -0.05) is 59.7 Å². The van der Waals surface area contributed by atoms with Gasteiger partial charge in [-0.2, -0.15) is 0 Å². The van der Waals surface area contributed by atoms with E-state index < -0.39 is 0 Å². The van der Waals surface area contributed by atoms with Gasteiger partial charge in [-0.05, 0) is 89.6 Å². The van der Waals surface area contributed by atoms with Crippen LogP contribution in [0.15, 0.2) is 102 Å². The maximum Gasteiger partial charge on any atom is 0.258 e. The number of halogens is 1. The maximum absolute atomic E-state index is 11.1. The van der Waals surface area contributed by atoms with Crippen LogP contribution in [0, 0.1) is 0 Å². The summed E-state index contributed by atoms with van der Waals surface area (Å²) in [6.07, 6.45) is 10.9. The smallest absolute Gasteiger partial charge is 0.258 e. The van der Waals surface area contributed by atoms with E-state index in [1.807, 2.05) is 30.3 Å². The van der Waals surface area contributed by atoms with Gasteiger partial charge in [0.25, 0.3) is 5.56 Å². The molecule has 5 aromatic rings. The molecule has 0 amide bonds. The van der Waals surface area contributed by atoms with Crippen LogP contribution in [-0.4, -0.2) is 43.3 Å². The fourth-order valence-electron chi connectivity index (χ4n) is 6.72. The van der Waals surface area contributed by atoms with Crippen LogP contribution >= 0.6 is 11.6 Å². The maximum atomic E-state index is 11.1. The zero-order valence-corrected chi connectivity index (χ0v) is 25.6. The largest absolute Gasteiger partial charge is 0.497 e. The van der Waals surface area contributed by atoms with E-state index in [4.69, 9.17) is 16.3 Å². The Morgan fingerprint density at radius 3 is 2.52 bits per heavy atom. The number of rotatable bonds is 3. The Balaban J connectivity index is 0.000000239. The number of aromatic amines is 1. The Morgan fingerprint density at radius 1 is 0.864 bits per heavy atom. The van der Waals surface area contributed by atoms with Crippen molar-refractivity contribution in [2.24, 2.45) is 0 Å². The summed E-state index contributed by atoms with van der Waals surface area (Å²) < 4.78 is 5.29. The van der Waals surface area contributed by atoms with Crippen LogP contribution in [0.5, 0.6) is 5.75 Å². The predicted octanol–water partition coefficient (Wildman–Crippen LogP) is 7.80. The van der Waals surface area contributed by atoms with Crippen molar-refractivity contribution in [2.45, 2.75) is 25.7 Å². The van der Waals surface area contributed by atoms with E-state index in [0.717, 1.165) is 48.2 Å². The summed E-state index contributed by atoms with van der Waals surface area (Å²) in [4.78, 5) is 22.4. The van der Waals surface area contributed by atoms with Crippen molar-refractivity contribution in [1.29, 1.82) is 0 Å². The molecule has 6 nitrogen and oxygen atoms in total. The summed E-state index contributed by atoms with van der Waals surface area (Å²) in [7, 11) is 1.67. The zero-order valence-electron chi connectivity index (χ0n) is 24.9. The molecule has 0 saturated carbocycles. The number of methoxy groups -OCH3 is 1. The molecule has 1 N–H and O–H groups in total. The number of aryl methyl sites for hydroxylation is 1. The van der Waals surface area contributed by atoms with Gasteiger partial charge in [-0.3, -0.25) is 4.79 Å². The number of nitrogens with zero attached hydrogens (tertiary/aromatic N) is 3. The van der Waals surface area contributed by atoms with E-state index in [9.17, 15) is 4.79 Å². The molecule has 4 aromatic carbocycles. The molecule has 1 aliphatic heterocycles. The van der Waals surface area contributed by atoms with Gasteiger partial charge < -0.3 is 19.5 Å². The number of hydrogen-bond donors (Lipinski definition) is 1. The van der Waals surface area contributed by atoms with Gasteiger partial charge in [0.2, 0.25) is 0 Å². The molecule has 0 unspecified atom stereocenters. The number of allylic oxidation sites excluding steroid dienone is 4. The number of hydrogen-bond acceptors (Lipinski definition) is 5. The van der Waals surface area contributed by atoms with Gasteiger partial charge in [0.05, 0.1) is 35.1 Å². The number of piperazine rings is 1. The molecular formula is C37H35ClN4O2. The molecule has 0 spiro atoms. The second-order valence-corrected chi connectivity index (χ2v) is 11.9. The molecule has 0 bridgehead atoms. The molecular weight excluding hydrogens is 568 g/mol. The molecule has 0 atom stereocenters. The lowest BCUT2D eigenvalue weighted by Gasteiger charge is -2.38. The summed E-state index contributed by atoms with van der Waals surface area (Å²) in [6.45, 7) is 3.88. The number of H-pyrrole nitrogens is 1. The molecule has 1 saturated heterocycles. The fraction of sp³-hybridized carbons (Fsp3) is 0.243. The van der Waals surface area contributed by atoms with E-state index in [1.165, 1.54) is 65.2 Å². The minimum atomic E-state index is -0.0874. The lowest BCUT2D eigenvalue weighted by molar-refractivity contribution is 0.415. The quantitative estimate of drug-likeness (QED) is 0.228. The molecule has 7 heteroatoms. The Hall–Kier alpha value is -4.55. The first kappa shape index (κ1) is 28.2. The van der Waals surface area contributed by atoms with Crippen molar-refractivity contribution >= 4 is 50.2 Å². The second kappa shape index (κ2) is 12.2. The molecule has 44 heavy (non-hydrogen) atoms. The van der Waals surface area contributed by atoms with Gasteiger partial charge in [-0.25, -0.2) is 4.98 Å². The summed E-state index contributed by atoms with van der Waals surface area (Å²) in [6, 6.07) is 24.9. The van der Waals surface area contributed by atoms with Gasteiger partial charge in [0.15, 0.2) is 0 Å². The molecule has 2 aliphatic carbocycles. The normalized spacial score (nSPS) is 16.0. The number of fused-ring (bicyclic) bond motifs is 5. The highest BCUT2D eigenvalue weighted by Crippen LogP contribution is 2.40. The first-order chi connectivity index (χ1) is 21.6. The lowest BCUT2D eigenvalue weighted by Crippen LogP contribution is -2.46.